The van der Waals surface area contributed by atoms with Gasteiger partial charge in [-0.3, -0.25) is 10.4 Å². The van der Waals surface area contributed by atoms with Crippen LogP contribution in [0.3, 0.4) is 0 Å². The molecule has 130 valence electrons. The quantitative estimate of drug-likeness (QED) is 0.784. The third kappa shape index (κ3) is 4.06. The van der Waals surface area contributed by atoms with Gasteiger partial charge in [0.2, 0.25) is 0 Å². The highest BCUT2D eigenvalue weighted by Crippen LogP contribution is 2.18. The fourth-order valence-corrected chi connectivity index (χ4v) is 2.45. The molecular formula is C18H19FN4O2. The van der Waals surface area contributed by atoms with Crippen LogP contribution in [-0.2, 0) is 16.1 Å². The number of nitrogens with one attached hydrogen (secondary N) is 2. The van der Waals surface area contributed by atoms with Crippen LogP contribution in [0.5, 0.6) is 0 Å². The van der Waals surface area contributed by atoms with Crippen molar-refractivity contribution in [2.45, 2.75) is 13.5 Å². The third-order valence-electron chi connectivity index (χ3n) is 3.69. The van der Waals surface area contributed by atoms with E-state index in [2.05, 4.69) is 15.7 Å². The standard InChI is InChI=1S/C18H19FN4O2/c1-2-25-18(24)15-12-23(16-5-3-4-10-20-16)22-17(15)21-11-13-6-8-14(19)9-7-13/h3-10,21-22H,2,11-12H2,1H3. The van der Waals surface area contributed by atoms with E-state index >= 15 is 0 Å². The van der Waals surface area contributed by atoms with Crippen molar-refractivity contribution in [3.8, 4) is 0 Å². The molecule has 6 nitrogen and oxygen atoms in total. The lowest BCUT2D eigenvalue weighted by molar-refractivity contribution is -0.138. The smallest absolute Gasteiger partial charge is 0.339 e. The first kappa shape index (κ1) is 16.8. The second-order valence-electron chi connectivity index (χ2n) is 5.44. The van der Waals surface area contributed by atoms with Gasteiger partial charge in [-0.15, -0.1) is 0 Å². The summed E-state index contributed by atoms with van der Waals surface area (Å²) < 4.78 is 18.1. The molecule has 25 heavy (non-hydrogen) atoms. The number of rotatable bonds is 6. The average Bonchev–Trinajstić information content (AvgIpc) is 3.07. The average molecular weight is 342 g/mol. The van der Waals surface area contributed by atoms with Crippen molar-refractivity contribution in [1.82, 2.24) is 15.7 Å². The summed E-state index contributed by atoms with van der Waals surface area (Å²) in [6.45, 7) is 2.85. The van der Waals surface area contributed by atoms with Crippen molar-refractivity contribution in [2.24, 2.45) is 0 Å². The van der Waals surface area contributed by atoms with E-state index in [-0.39, 0.29) is 11.8 Å². The van der Waals surface area contributed by atoms with Gasteiger partial charge < -0.3 is 10.1 Å². The zero-order chi connectivity index (χ0) is 17.6. The Morgan fingerprint density at radius 3 is 2.80 bits per heavy atom. The number of hydrogen-bond donors (Lipinski definition) is 2. The van der Waals surface area contributed by atoms with E-state index in [1.807, 2.05) is 18.2 Å². The van der Waals surface area contributed by atoms with Crippen molar-refractivity contribution >= 4 is 11.8 Å². The van der Waals surface area contributed by atoms with Gasteiger partial charge in [0, 0.05) is 12.7 Å². The highest BCUT2D eigenvalue weighted by molar-refractivity contribution is 5.91. The fraction of sp³-hybridized carbons (Fsp3) is 0.222. The van der Waals surface area contributed by atoms with Crippen molar-refractivity contribution in [2.75, 3.05) is 18.2 Å². The number of pyridine rings is 1. The number of nitrogens with zero attached hydrogens (tertiary/aromatic N) is 2. The van der Waals surface area contributed by atoms with Crippen molar-refractivity contribution in [3.05, 3.63) is 71.4 Å². The van der Waals surface area contributed by atoms with E-state index in [0.717, 1.165) is 5.56 Å². The summed E-state index contributed by atoms with van der Waals surface area (Å²) in [6.07, 6.45) is 1.69. The van der Waals surface area contributed by atoms with Crippen LogP contribution in [0.2, 0.25) is 0 Å². The Morgan fingerprint density at radius 1 is 1.32 bits per heavy atom. The molecule has 1 aromatic heterocycles. The van der Waals surface area contributed by atoms with E-state index in [9.17, 15) is 9.18 Å². The van der Waals surface area contributed by atoms with E-state index in [4.69, 9.17) is 4.74 Å². The van der Waals surface area contributed by atoms with Gasteiger partial charge in [-0.1, -0.05) is 18.2 Å². The van der Waals surface area contributed by atoms with Gasteiger partial charge in [0.05, 0.1) is 13.2 Å². The molecule has 0 amide bonds. The van der Waals surface area contributed by atoms with E-state index in [0.29, 0.717) is 36.9 Å². The van der Waals surface area contributed by atoms with Gasteiger partial charge in [0.25, 0.3) is 0 Å². The summed E-state index contributed by atoms with van der Waals surface area (Å²) in [7, 11) is 0. The number of halogens is 1. The highest BCUT2D eigenvalue weighted by atomic mass is 19.1. The maximum absolute atomic E-state index is 13.0. The van der Waals surface area contributed by atoms with Gasteiger partial charge in [-0.25, -0.2) is 14.2 Å². The molecule has 0 atom stereocenters. The molecular weight excluding hydrogens is 323 g/mol. The van der Waals surface area contributed by atoms with E-state index in [1.54, 1.807) is 30.3 Å². The molecule has 1 aliphatic heterocycles. The Hall–Kier alpha value is -3.09. The van der Waals surface area contributed by atoms with Gasteiger partial charge >= 0.3 is 5.97 Å². The second kappa shape index (κ2) is 7.65. The lowest BCUT2D eigenvalue weighted by Crippen LogP contribution is -2.36. The van der Waals surface area contributed by atoms with Crippen LogP contribution in [0.4, 0.5) is 10.2 Å². The molecule has 0 saturated carbocycles. The minimum Gasteiger partial charge on any atom is -0.462 e. The molecule has 0 unspecified atom stereocenters. The number of esters is 1. The van der Waals surface area contributed by atoms with Crippen molar-refractivity contribution in [3.63, 3.8) is 0 Å². The largest absolute Gasteiger partial charge is 0.462 e. The van der Waals surface area contributed by atoms with E-state index in [1.165, 1.54) is 12.1 Å². The summed E-state index contributed by atoms with van der Waals surface area (Å²) in [5, 5.41) is 4.95. The van der Waals surface area contributed by atoms with E-state index < -0.39 is 0 Å². The Labute approximate surface area is 145 Å². The first-order chi connectivity index (χ1) is 12.2. The number of carbonyl (C=O) groups excluding carboxylic acids is 1. The van der Waals surface area contributed by atoms with Gasteiger partial charge in [0.15, 0.2) is 0 Å². The van der Waals surface area contributed by atoms with Crippen LogP contribution < -0.4 is 15.8 Å². The lowest BCUT2D eigenvalue weighted by atomic mass is 10.2. The monoisotopic (exact) mass is 342 g/mol. The maximum atomic E-state index is 13.0. The van der Waals surface area contributed by atoms with Gasteiger partial charge in [-0.05, 0) is 36.8 Å². The van der Waals surface area contributed by atoms with Crippen LogP contribution in [0.15, 0.2) is 60.1 Å². The molecule has 0 bridgehead atoms. The SMILES string of the molecule is CCOC(=O)C1=C(NCc2ccc(F)cc2)NN(c2ccccn2)C1. The normalized spacial score (nSPS) is 13.6. The molecule has 2 aromatic rings. The van der Waals surface area contributed by atoms with Crippen LogP contribution >= 0.6 is 0 Å². The maximum Gasteiger partial charge on any atom is 0.339 e. The van der Waals surface area contributed by atoms with Crippen LogP contribution in [0.25, 0.3) is 0 Å². The molecule has 2 N–H and O–H groups in total. The molecule has 0 aliphatic carbocycles. The molecule has 2 heterocycles. The molecule has 0 fully saturated rings. The highest BCUT2D eigenvalue weighted by Gasteiger charge is 2.28. The molecule has 1 aromatic carbocycles. The third-order valence-corrected chi connectivity index (χ3v) is 3.69. The summed E-state index contributed by atoms with van der Waals surface area (Å²) in [5.41, 5.74) is 4.54. The Balaban J connectivity index is 1.74. The summed E-state index contributed by atoms with van der Waals surface area (Å²) >= 11 is 0. The zero-order valence-corrected chi connectivity index (χ0v) is 13.8. The number of carbonyl (C=O) groups is 1. The topological polar surface area (TPSA) is 66.5 Å². The molecule has 7 heteroatoms. The van der Waals surface area contributed by atoms with Gasteiger partial charge in [-0.2, -0.15) is 0 Å². The number of anilines is 1. The minimum atomic E-state index is -0.380. The number of benzene rings is 1. The van der Waals surface area contributed by atoms with Crippen molar-refractivity contribution < 1.29 is 13.9 Å². The van der Waals surface area contributed by atoms with Gasteiger partial charge in [0.1, 0.15) is 23.0 Å². The predicted octanol–water partition coefficient (Wildman–Crippen LogP) is 2.11. The summed E-state index contributed by atoms with van der Waals surface area (Å²) in [4.78, 5) is 16.5. The number of hydrogen-bond acceptors (Lipinski definition) is 6. The van der Waals surface area contributed by atoms with Crippen LogP contribution in [0, 0.1) is 5.82 Å². The molecule has 1 aliphatic rings. The van der Waals surface area contributed by atoms with Crippen LogP contribution in [0.1, 0.15) is 12.5 Å². The second-order valence-corrected chi connectivity index (χ2v) is 5.44. The Bertz CT molecular complexity index is 762. The molecule has 0 saturated heterocycles. The first-order valence-corrected chi connectivity index (χ1v) is 8.01. The fourth-order valence-electron chi connectivity index (χ4n) is 2.45. The number of hydrazine groups is 1. The predicted molar refractivity (Wildman–Crippen MR) is 91.6 cm³/mol. The summed E-state index contributed by atoms with van der Waals surface area (Å²) in [5.74, 6) is 0.599. The van der Waals surface area contributed by atoms with Crippen LogP contribution in [-0.4, -0.2) is 24.1 Å². The minimum absolute atomic E-state index is 0.282. The molecule has 0 radical (unpaired) electrons. The summed E-state index contributed by atoms with van der Waals surface area (Å²) in [6, 6.07) is 11.7. The molecule has 0 spiro atoms. The number of ether oxygens (including phenoxy) is 1. The molecule has 3 rings (SSSR count). The Kier molecular flexibility index (Phi) is 5.13. The lowest BCUT2D eigenvalue weighted by Gasteiger charge is -2.19. The van der Waals surface area contributed by atoms with Crippen molar-refractivity contribution in [1.29, 1.82) is 0 Å². The number of aromatic nitrogens is 1. The zero-order valence-electron chi connectivity index (χ0n) is 13.8. The Morgan fingerprint density at radius 2 is 2.12 bits per heavy atom. The first-order valence-electron chi connectivity index (χ1n) is 8.01.